The second kappa shape index (κ2) is 9.93. The molecule has 2 rings (SSSR count). The molecule has 26 heavy (non-hydrogen) atoms. The highest BCUT2D eigenvalue weighted by Gasteiger charge is 2.28. The summed E-state index contributed by atoms with van der Waals surface area (Å²) in [6, 6.07) is 8.58. The summed E-state index contributed by atoms with van der Waals surface area (Å²) in [6.07, 6.45) is 1.35. The maximum Gasteiger partial charge on any atom is 0.225 e. The maximum atomic E-state index is 12.7. The molecule has 146 valence electrons. The summed E-state index contributed by atoms with van der Waals surface area (Å²) < 4.78 is 0. The number of halogens is 1. The van der Waals surface area contributed by atoms with Gasteiger partial charge in [0, 0.05) is 38.0 Å². The second-order valence-corrected chi connectivity index (χ2v) is 7.66. The number of rotatable bonds is 5. The van der Waals surface area contributed by atoms with Crippen LogP contribution in [0.5, 0.6) is 0 Å². The lowest BCUT2D eigenvalue weighted by molar-refractivity contribution is -0.134. The Kier molecular flexibility index (Phi) is 8.57. The smallest absolute Gasteiger partial charge is 0.225 e. The number of carbonyl (C=O) groups excluding carboxylic acids is 2. The molecule has 0 bridgehead atoms. The fourth-order valence-corrected chi connectivity index (χ4v) is 2.97. The Morgan fingerprint density at radius 2 is 1.88 bits per heavy atom. The summed E-state index contributed by atoms with van der Waals surface area (Å²) in [7, 11) is 0. The normalized spacial score (nSPS) is 17.4. The standard InChI is InChI=1S/C20H31N3O2.ClH/c1-5-15-6-8-16(9-7-15)17-14-21-12-13-23(17)18(24)10-11-22-19(25)20(2,3)4;/h6-9,17,21H,5,10-14H2,1-4H3,(H,22,25);1H. The fraction of sp³-hybridized carbons (Fsp3) is 0.600. The van der Waals surface area contributed by atoms with Crippen LogP contribution in [0.15, 0.2) is 24.3 Å². The van der Waals surface area contributed by atoms with Crippen molar-refractivity contribution in [2.24, 2.45) is 5.41 Å². The van der Waals surface area contributed by atoms with Crippen LogP contribution < -0.4 is 10.6 Å². The van der Waals surface area contributed by atoms with Crippen molar-refractivity contribution in [1.82, 2.24) is 15.5 Å². The molecule has 0 radical (unpaired) electrons. The molecule has 0 spiro atoms. The molecular weight excluding hydrogens is 350 g/mol. The zero-order chi connectivity index (χ0) is 18.4. The Hall–Kier alpha value is -1.59. The van der Waals surface area contributed by atoms with Crippen LogP contribution in [0, 0.1) is 5.41 Å². The van der Waals surface area contributed by atoms with Crippen LogP contribution in [0.4, 0.5) is 0 Å². The molecule has 6 heteroatoms. The van der Waals surface area contributed by atoms with Crippen LogP contribution in [-0.4, -0.2) is 42.9 Å². The van der Waals surface area contributed by atoms with Crippen LogP contribution in [0.25, 0.3) is 0 Å². The molecular formula is C20H32ClN3O2. The Balaban J connectivity index is 0.00000338. The van der Waals surface area contributed by atoms with Crippen molar-refractivity contribution < 1.29 is 9.59 Å². The van der Waals surface area contributed by atoms with Gasteiger partial charge in [-0.25, -0.2) is 0 Å². The lowest BCUT2D eigenvalue weighted by Gasteiger charge is -2.37. The first-order valence-corrected chi connectivity index (χ1v) is 9.20. The van der Waals surface area contributed by atoms with E-state index < -0.39 is 5.41 Å². The average Bonchev–Trinajstić information content (AvgIpc) is 2.60. The van der Waals surface area contributed by atoms with Gasteiger partial charge in [0.15, 0.2) is 0 Å². The number of aryl methyl sites for hydroxylation is 1. The first-order valence-electron chi connectivity index (χ1n) is 9.20. The van der Waals surface area contributed by atoms with E-state index in [2.05, 4.69) is 41.8 Å². The lowest BCUT2D eigenvalue weighted by Crippen LogP contribution is -2.49. The van der Waals surface area contributed by atoms with Crippen LogP contribution in [0.3, 0.4) is 0 Å². The van der Waals surface area contributed by atoms with Crippen molar-refractivity contribution in [1.29, 1.82) is 0 Å². The van der Waals surface area contributed by atoms with E-state index >= 15 is 0 Å². The van der Waals surface area contributed by atoms with Gasteiger partial charge in [-0.1, -0.05) is 52.0 Å². The molecule has 1 aliphatic rings. The number of carbonyl (C=O) groups is 2. The highest BCUT2D eigenvalue weighted by molar-refractivity contribution is 5.85. The van der Waals surface area contributed by atoms with E-state index in [9.17, 15) is 9.59 Å². The van der Waals surface area contributed by atoms with Crippen molar-refractivity contribution in [3.8, 4) is 0 Å². The van der Waals surface area contributed by atoms with E-state index in [1.54, 1.807) is 0 Å². The predicted molar refractivity (Wildman–Crippen MR) is 107 cm³/mol. The van der Waals surface area contributed by atoms with E-state index in [0.29, 0.717) is 19.5 Å². The molecule has 0 aromatic heterocycles. The first kappa shape index (κ1) is 22.5. The minimum Gasteiger partial charge on any atom is -0.355 e. The Labute approximate surface area is 163 Å². The SMILES string of the molecule is CCc1ccc(C2CNCCN2C(=O)CCNC(=O)C(C)(C)C)cc1.Cl. The summed E-state index contributed by atoms with van der Waals surface area (Å²) in [5.74, 6) is 0.0765. The molecule has 0 aliphatic carbocycles. The van der Waals surface area contributed by atoms with Gasteiger partial charge < -0.3 is 15.5 Å². The molecule has 1 aromatic carbocycles. The Morgan fingerprint density at radius 3 is 2.46 bits per heavy atom. The highest BCUT2D eigenvalue weighted by Crippen LogP contribution is 2.23. The molecule has 1 atom stereocenters. The van der Waals surface area contributed by atoms with Crippen LogP contribution in [0.1, 0.15) is 51.3 Å². The predicted octanol–water partition coefficient (Wildman–Crippen LogP) is 2.70. The number of hydrogen-bond acceptors (Lipinski definition) is 3. The molecule has 2 N–H and O–H groups in total. The van der Waals surface area contributed by atoms with Crippen molar-refractivity contribution in [2.45, 2.75) is 46.6 Å². The lowest BCUT2D eigenvalue weighted by atomic mass is 9.96. The minimum atomic E-state index is -0.429. The number of piperazine rings is 1. The van der Waals surface area contributed by atoms with Gasteiger partial charge in [-0.05, 0) is 17.5 Å². The van der Waals surface area contributed by atoms with Crippen LogP contribution >= 0.6 is 12.4 Å². The summed E-state index contributed by atoms with van der Waals surface area (Å²) >= 11 is 0. The van der Waals surface area contributed by atoms with Gasteiger partial charge in [0.25, 0.3) is 0 Å². The Bertz CT molecular complexity index is 596. The number of nitrogens with zero attached hydrogens (tertiary/aromatic N) is 1. The van der Waals surface area contributed by atoms with Gasteiger partial charge in [-0.3, -0.25) is 9.59 Å². The van der Waals surface area contributed by atoms with Gasteiger partial charge in [0.2, 0.25) is 11.8 Å². The summed E-state index contributed by atoms with van der Waals surface area (Å²) in [6.45, 7) is 10.4. The fourth-order valence-electron chi connectivity index (χ4n) is 2.97. The molecule has 1 aromatic rings. The van der Waals surface area contributed by atoms with Crippen LogP contribution in [0.2, 0.25) is 0 Å². The van der Waals surface area contributed by atoms with Crippen LogP contribution in [-0.2, 0) is 16.0 Å². The van der Waals surface area contributed by atoms with E-state index in [0.717, 1.165) is 25.1 Å². The molecule has 1 saturated heterocycles. The van der Waals surface area contributed by atoms with Gasteiger partial charge in [0.05, 0.1) is 6.04 Å². The number of amides is 2. The van der Waals surface area contributed by atoms with Crippen molar-refractivity contribution in [2.75, 3.05) is 26.2 Å². The molecule has 2 amide bonds. The molecule has 1 fully saturated rings. The van der Waals surface area contributed by atoms with E-state index in [4.69, 9.17) is 0 Å². The number of benzene rings is 1. The molecule has 1 aliphatic heterocycles. The largest absolute Gasteiger partial charge is 0.355 e. The highest BCUT2D eigenvalue weighted by atomic mass is 35.5. The van der Waals surface area contributed by atoms with E-state index in [1.807, 2.05) is 25.7 Å². The number of hydrogen-bond donors (Lipinski definition) is 2. The molecule has 1 unspecified atom stereocenters. The Morgan fingerprint density at radius 1 is 1.23 bits per heavy atom. The summed E-state index contributed by atoms with van der Waals surface area (Å²) in [5, 5.41) is 6.24. The summed E-state index contributed by atoms with van der Waals surface area (Å²) in [4.78, 5) is 26.6. The van der Waals surface area contributed by atoms with Gasteiger partial charge in [-0.15, -0.1) is 12.4 Å². The third-order valence-electron chi connectivity index (χ3n) is 4.64. The molecule has 1 heterocycles. The quantitative estimate of drug-likeness (QED) is 0.824. The summed E-state index contributed by atoms with van der Waals surface area (Å²) in [5.41, 5.74) is 2.04. The van der Waals surface area contributed by atoms with Crippen molar-refractivity contribution in [3.63, 3.8) is 0 Å². The zero-order valence-corrected chi connectivity index (χ0v) is 17.1. The average molecular weight is 382 g/mol. The third-order valence-corrected chi connectivity index (χ3v) is 4.64. The zero-order valence-electron chi connectivity index (χ0n) is 16.3. The first-order chi connectivity index (χ1) is 11.8. The van der Waals surface area contributed by atoms with Gasteiger partial charge >= 0.3 is 0 Å². The van der Waals surface area contributed by atoms with Crippen molar-refractivity contribution in [3.05, 3.63) is 35.4 Å². The third kappa shape index (κ3) is 5.99. The monoisotopic (exact) mass is 381 g/mol. The van der Waals surface area contributed by atoms with Crippen molar-refractivity contribution >= 4 is 24.2 Å². The van der Waals surface area contributed by atoms with E-state index in [1.165, 1.54) is 5.56 Å². The topological polar surface area (TPSA) is 61.4 Å². The molecule has 5 nitrogen and oxygen atoms in total. The number of nitrogens with one attached hydrogen (secondary N) is 2. The molecule has 0 saturated carbocycles. The second-order valence-electron chi connectivity index (χ2n) is 7.66. The van der Waals surface area contributed by atoms with Gasteiger partial charge in [-0.2, -0.15) is 0 Å². The van der Waals surface area contributed by atoms with E-state index in [-0.39, 0.29) is 30.3 Å². The maximum absolute atomic E-state index is 12.7. The minimum absolute atomic E-state index is 0. The van der Waals surface area contributed by atoms with Gasteiger partial charge in [0.1, 0.15) is 0 Å².